The van der Waals surface area contributed by atoms with Crippen LogP contribution in [0.1, 0.15) is 41.8 Å². The molecule has 1 fully saturated rings. The van der Waals surface area contributed by atoms with Gasteiger partial charge in [0.25, 0.3) is 5.91 Å². The molecule has 2 amide bonds. The molecule has 0 saturated carbocycles. The van der Waals surface area contributed by atoms with Gasteiger partial charge in [0.15, 0.2) is 0 Å². The molecule has 0 aromatic heterocycles. The van der Waals surface area contributed by atoms with E-state index in [1.54, 1.807) is 12.1 Å². The van der Waals surface area contributed by atoms with Gasteiger partial charge in [-0.3, -0.25) is 14.9 Å². The zero-order valence-electron chi connectivity index (χ0n) is 18.2. The minimum Gasteiger partial charge on any atom is -0.348 e. The van der Waals surface area contributed by atoms with E-state index in [0.29, 0.717) is 17.7 Å². The Balaban J connectivity index is 1.24. The molecular formula is C25H27FN4O2. The normalized spacial score (nSPS) is 24.5. The minimum absolute atomic E-state index is 0.0777. The zero-order valence-corrected chi connectivity index (χ0v) is 18.2. The molecule has 2 aromatic carbocycles. The highest BCUT2D eigenvalue weighted by Gasteiger charge is 2.45. The molecule has 166 valence electrons. The molecule has 2 aromatic rings. The van der Waals surface area contributed by atoms with Gasteiger partial charge in [-0.25, -0.2) is 4.39 Å². The lowest BCUT2D eigenvalue weighted by molar-refractivity contribution is -0.124. The number of nitrogens with one attached hydrogen (secondary N) is 3. The van der Waals surface area contributed by atoms with Gasteiger partial charge in [0.1, 0.15) is 5.82 Å². The van der Waals surface area contributed by atoms with Crippen molar-refractivity contribution in [1.29, 1.82) is 0 Å². The van der Waals surface area contributed by atoms with Gasteiger partial charge in [-0.2, -0.15) is 0 Å². The Hall–Kier alpha value is -3.03. The van der Waals surface area contributed by atoms with E-state index in [2.05, 4.69) is 29.8 Å². The molecule has 1 aliphatic carbocycles. The van der Waals surface area contributed by atoms with Gasteiger partial charge < -0.3 is 16.4 Å². The predicted molar refractivity (Wildman–Crippen MR) is 120 cm³/mol. The second-order valence-corrected chi connectivity index (χ2v) is 9.09. The Labute approximate surface area is 186 Å². The van der Waals surface area contributed by atoms with Gasteiger partial charge in [-0.1, -0.05) is 29.3 Å². The van der Waals surface area contributed by atoms with Crippen molar-refractivity contribution in [3.05, 3.63) is 70.1 Å². The van der Waals surface area contributed by atoms with Crippen LogP contribution in [0.15, 0.2) is 47.5 Å². The van der Waals surface area contributed by atoms with Crippen molar-refractivity contribution in [2.45, 2.75) is 51.5 Å². The van der Waals surface area contributed by atoms with Crippen LogP contribution >= 0.6 is 0 Å². The molecule has 4 atom stereocenters. The van der Waals surface area contributed by atoms with E-state index >= 15 is 0 Å². The van der Waals surface area contributed by atoms with Crippen molar-refractivity contribution in [3.63, 3.8) is 0 Å². The lowest BCUT2D eigenvalue weighted by atomic mass is 9.93. The molecule has 2 bridgehead atoms. The predicted octanol–water partition coefficient (Wildman–Crippen LogP) is 2.38. The average molecular weight is 435 g/mol. The van der Waals surface area contributed by atoms with Crippen LogP contribution in [0, 0.1) is 11.7 Å². The Morgan fingerprint density at radius 2 is 1.94 bits per heavy atom. The van der Waals surface area contributed by atoms with Crippen molar-refractivity contribution < 1.29 is 14.0 Å². The van der Waals surface area contributed by atoms with Crippen molar-refractivity contribution in [3.8, 4) is 11.1 Å². The minimum atomic E-state index is -0.675. The number of amides is 2. The summed E-state index contributed by atoms with van der Waals surface area (Å²) in [5, 5.41) is 9.00. The highest BCUT2D eigenvalue weighted by molar-refractivity contribution is 5.98. The van der Waals surface area contributed by atoms with E-state index in [4.69, 9.17) is 5.73 Å². The summed E-state index contributed by atoms with van der Waals surface area (Å²) in [5.41, 5.74) is 12.4. The fourth-order valence-electron chi connectivity index (χ4n) is 5.21. The van der Waals surface area contributed by atoms with Crippen LogP contribution in [0.3, 0.4) is 0 Å². The molecule has 5 N–H and O–H groups in total. The van der Waals surface area contributed by atoms with Crippen molar-refractivity contribution in [2.24, 2.45) is 11.7 Å². The molecule has 32 heavy (non-hydrogen) atoms. The number of rotatable bonds is 5. The largest absolute Gasteiger partial charge is 0.348 e. The molecule has 0 radical (unpaired) electrons. The first kappa shape index (κ1) is 20.8. The Morgan fingerprint density at radius 3 is 2.66 bits per heavy atom. The molecule has 3 aliphatic rings. The van der Waals surface area contributed by atoms with Crippen LogP contribution in [0.25, 0.3) is 11.1 Å². The number of carbonyl (C=O) groups is 2. The number of halogens is 1. The van der Waals surface area contributed by atoms with Gasteiger partial charge in [0.05, 0.1) is 12.2 Å². The monoisotopic (exact) mass is 434 g/mol. The third-order valence-electron chi connectivity index (χ3n) is 7.20. The second kappa shape index (κ2) is 7.83. The maximum atomic E-state index is 14.8. The number of carbonyl (C=O) groups excluding carboxylic acids is 2. The van der Waals surface area contributed by atoms with E-state index < -0.39 is 6.17 Å². The Bertz CT molecular complexity index is 1160. The highest BCUT2D eigenvalue weighted by atomic mass is 19.1. The van der Waals surface area contributed by atoms with Gasteiger partial charge in [-0.15, -0.1) is 0 Å². The van der Waals surface area contributed by atoms with Crippen LogP contribution in [0.5, 0.6) is 0 Å². The summed E-state index contributed by atoms with van der Waals surface area (Å²) in [6.45, 7) is 4.69. The topological polar surface area (TPSA) is 96.2 Å². The smallest absolute Gasteiger partial charge is 0.251 e. The van der Waals surface area contributed by atoms with E-state index in [1.165, 1.54) is 17.2 Å². The third kappa shape index (κ3) is 3.51. The van der Waals surface area contributed by atoms with Crippen molar-refractivity contribution >= 4 is 11.8 Å². The lowest BCUT2D eigenvalue weighted by Gasteiger charge is -2.26. The van der Waals surface area contributed by atoms with E-state index in [0.717, 1.165) is 23.1 Å². The van der Waals surface area contributed by atoms with Crippen LogP contribution < -0.4 is 21.7 Å². The molecule has 2 aliphatic heterocycles. The van der Waals surface area contributed by atoms with Crippen LogP contribution in [-0.4, -0.2) is 30.1 Å². The van der Waals surface area contributed by atoms with Crippen molar-refractivity contribution in [1.82, 2.24) is 16.0 Å². The van der Waals surface area contributed by atoms with Crippen LogP contribution in [0.4, 0.5) is 4.39 Å². The summed E-state index contributed by atoms with van der Waals surface area (Å²) in [6, 6.07) is 10.5. The summed E-state index contributed by atoms with van der Waals surface area (Å²) >= 11 is 0. The summed E-state index contributed by atoms with van der Waals surface area (Å²) < 4.78 is 14.8. The lowest BCUT2D eigenvalue weighted by Crippen LogP contribution is -2.53. The average Bonchev–Trinajstić information content (AvgIpc) is 3.44. The summed E-state index contributed by atoms with van der Waals surface area (Å²) in [5.74, 6) is -0.364. The van der Waals surface area contributed by atoms with Gasteiger partial charge in [-0.05, 0) is 60.7 Å². The van der Waals surface area contributed by atoms with E-state index in [9.17, 15) is 14.0 Å². The zero-order chi connectivity index (χ0) is 22.6. The van der Waals surface area contributed by atoms with Crippen LogP contribution in [-0.2, 0) is 17.8 Å². The molecule has 2 heterocycles. The third-order valence-corrected chi connectivity index (χ3v) is 7.20. The number of benzene rings is 2. The quantitative estimate of drug-likeness (QED) is 0.429. The molecule has 0 unspecified atom stereocenters. The fraction of sp³-hybridized carbons (Fsp3) is 0.360. The van der Waals surface area contributed by atoms with Gasteiger partial charge >= 0.3 is 0 Å². The SMILES string of the molecule is CC1=C(C)[C@H]2C[C@@H]1N[C@@H]2C(=O)N[C@H](N)Cc1ccc(-c2ccc3c(c2)CNC3=O)cc1F. The highest BCUT2D eigenvalue weighted by Crippen LogP contribution is 2.40. The maximum Gasteiger partial charge on any atom is 0.251 e. The maximum absolute atomic E-state index is 14.8. The summed E-state index contributed by atoms with van der Waals surface area (Å²) in [6.07, 6.45) is 0.481. The Kier molecular flexibility index (Phi) is 5.10. The molecular weight excluding hydrogens is 407 g/mol. The fourth-order valence-corrected chi connectivity index (χ4v) is 5.21. The second-order valence-electron chi connectivity index (χ2n) is 9.09. The molecule has 0 spiro atoms. The van der Waals surface area contributed by atoms with Crippen molar-refractivity contribution in [2.75, 3.05) is 0 Å². The molecule has 1 saturated heterocycles. The molecule has 7 heteroatoms. The standard InChI is InChI=1S/C25H27FN4O2/c1-12-13(2)21-10-19(12)23(29-21)25(32)30-22(27)9-16-4-3-15(8-20(16)26)14-5-6-18-17(7-14)11-28-24(18)31/h3-8,19,21-23,29H,9-11,27H2,1-2H3,(H,28,31)(H,30,32)/t19-,21+,22+,23+/m1/s1. The number of fused-ring (bicyclic) bond motifs is 3. The number of hydrogen-bond donors (Lipinski definition) is 4. The van der Waals surface area contributed by atoms with E-state index in [-0.39, 0.29) is 42.1 Å². The van der Waals surface area contributed by atoms with Gasteiger partial charge in [0.2, 0.25) is 5.91 Å². The first-order chi connectivity index (χ1) is 15.3. The van der Waals surface area contributed by atoms with Gasteiger partial charge in [0, 0.05) is 30.5 Å². The van der Waals surface area contributed by atoms with E-state index in [1.807, 2.05) is 18.2 Å². The first-order valence-corrected chi connectivity index (χ1v) is 11.0. The molecule has 5 rings (SSSR count). The Morgan fingerprint density at radius 1 is 1.19 bits per heavy atom. The summed E-state index contributed by atoms with van der Waals surface area (Å²) in [4.78, 5) is 24.5. The first-order valence-electron chi connectivity index (χ1n) is 11.0. The molecule has 6 nitrogen and oxygen atoms in total. The number of nitrogens with two attached hydrogens (primary N) is 1. The van der Waals surface area contributed by atoms with Crippen LogP contribution in [0.2, 0.25) is 0 Å². The summed E-state index contributed by atoms with van der Waals surface area (Å²) in [7, 11) is 0. The number of hydrogen-bond acceptors (Lipinski definition) is 4.